The van der Waals surface area contributed by atoms with Crippen molar-refractivity contribution < 1.29 is 14.2 Å². The number of hydrogen-bond acceptors (Lipinski definition) is 4. The minimum Gasteiger partial charge on any atom is -0.379 e. The lowest BCUT2D eigenvalue weighted by Crippen LogP contribution is -2.17. The Labute approximate surface area is 119 Å². The lowest BCUT2D eigenvalue weighted by molar-refractivity contribution is 0.0118. The Balaban J connectivity index is 3.09. The minimum absolute atomic E-state index is 0.609. The molecule has 0 aromatic heterocycles. The molecule has 19 heavy (non-hydrogen) atoms. The van der Waals surface area contributed by atoms with Crippen LogP contribution in [0.1, 0.15) is 46.0 Å². The summed E-state index contributed by atoms with van der Waals surface area (Å²) in [5, 5.41) is 0. The van der Waals surface area contributed by atoms with E-state index in [-0.39, 0.29) is 0 Å². The summed E-state index contributed by atoms with van der Waals surface area (Å²) in [5.41, 5.74) is 5.70. The van der Waals surface area contributed by atoms with Crippen molar-refractivity contribution in [1.29, 1.82) is 0 Å². The van der Waals surface area contributed by atoms with Crippen molar-refractivity contribution in [3.63, 3.8) is 0 Å². The fourth-order valence-corrected chi connectivity index (χ4v) is 1.83. The predicted octanol–water partition coefficient (Wildman–Crippen LogP) is 2.60. The molecule has 0 amide bonds. The van der Waals surface area contributed by atoms with Crippen LogP contribution in [0.3, 0.4) is 0 Å². The summed E-state index contributed by atoms with van der Waals surface area (Å²) in [6.45, 7) is 9.42. The Bertz CT molecular complexity index is 167. The van der Waals surface area contributed by atoms with E-state index in [0.717, 1.165) is 32.6 Å². The number of unbranched alkanes of at least 4 members (excludes halogenated alkanes) is 1. The van der Waals surface area contributed by atoms with Gasteiger partial charge in [-0.05, 0) is 31.7 Å². The van der Waals surface area contributed by atoms with Crippen LogP contribution in [0.25, 0.3) is 0 Å². The average Bonchev–Trinajstić information content (AvgIpc) is 2.43. The predicted molar refractivity (Wildman–Crippen MR) is 79.4 cm³/mol. The van der Waals surface area contributed by atoms with Crippen LogP contribution in [0.5, 0.6) is 0 Å². The Kier molecular flexibility index (Phi) is 15.8. The lowest BCUT2D eigenvalue weighted by Gasteiger charge is -2.13. The van der Waals surface area contributed by atoms with Crippen molar-refractivity contribution in [2.75, 3.05) is 46.2 Å². The standard InChI is InChI=1S/C15H33NO3/c1-3-5-8-17-10-12-19-13-11-18-9-7-15(14-16)6-4-2/h15H,3-14,16H2,1-2H3. The maximum absolute atomic E-state index is 5.70. The van der Waals surface area contributed by atoms with Crippen LogP contribution in [0.2, 0.25) is 0 Å². The molecule has 0 bridgehead atoms. The van der Waals surface area contributed by atoms with E-state index in [0.29, 0.717) is 32.3 Å². The molecule has 0 aliphatic carbocycles. The van der Waals surface area contributed by atoms with E-state index in [1.165, 1.54) is 19.3 Å². The highest BCUT2D eigenvalue weighted by atomic mass is 16.5. The number of nitrogens with two attached hydrogens (primary N) is 1. The first-order valence-corrected chi connectivity index (χ1v) is 7.78. The Morgan fingerprint density at radius 3 is 1.84 bits per heavy atom. The molecule has 0 fully saturated rings. The Morgan fingerprint density at radius 1 is 0.737 bits per heavy atom. The molecule has 1 unspecified atom stereocenters. The third-order valence-electron chi connectivity index (χ3n) is 3.09. The topological polar surface area (TPSA) is 53.7 Å². The summed E-state index contributed by atoms with van der Waals surface area (Å²) >= 11 is 0. The molecule has 0 heterocycles. The second kappa shape index (κ2) is 15.9. The Hall–Kier alpha value is -0.160. The van der Waals surface area contributed by atoms with E-state index >= 15 is 0 Å². The molecule has 0 aliphatic heterocycles. The van der Waals surface area contributed by atoms with Gasteiger partial charge in [0.15, 0.2) is 0 Å². The summed E-state index contributed by atoms with van der Waals surface area (Å²) in [4.78, 5) is 0. The highest BCUT2D eigenvalue weighted by molar-refractivity contribution is 4.58. The molecule has 4 nitrogen and oxygen atoms in total. The molecule has 0 spiro atoms. The van der Waals surface area contributed by atoms with Crippen LogP contribution in [-0.4, -0.2) is 46.2 Å². The van der Waals surface area contributed by atoms with E-state index in [1.54, 1.807) is 0 Å². The first-order valence-electron chi connectivity index (χ1n) is 7.78. The fourth-order valence-electron chi connectivity index (χ4n) is 1.83. The van der Waals surface area contributed by atoms with Gasteiger partial charge in [0.1, 0.15) is 0 Å². The molecular formula is C15H33NO3. The van der Waals surface area contributed by atoms with Crippen molar-refractivity contribution in [2.24, 2.45) is 11.7 Å². The summed E-state index contributed by atoms with van der Waals surface area (Å²) < 4.78 is 16.4. The molecule has 0 aromatic carbocycles. The maximum Gasteiger partial charge on any atom is 0.0701 e. The van der Waals surface area contributed by atoms with E-state index < -0.39 is 0 Å². The molecule has 0 aliphatic rings. The van der Waals surface area contributed by atoms with Crippen molar-refractivity contribution in [3.05, 3.63) is 0 Å². The second-order valence-electron chi connectivity index (χ2n) is 4.87. The van der Waals surface area contributed by atoms with Gasteiger partial charge in [-0.3, -0.25) is 0 Å². The van der Waals surface area contributed by atoms with Crippen LogP contribution in [-0.2, 0) is 14.2 Å². The molecule has 0 saturated carbocycles. The van der Waals surface area contributed by atoms with Crippen LogP contribution >= 0.6 is 0 Å². The van der Waals surface area contributed by atoms with Crippen LogP contribution in [0.4, 0.5) is 0 Å². The highest BCUT2D eigenvalue weighted by Crippen LogP contribution is 2.08. The van der Waals surface area contributed by atoms with Gasteiger partial charge in [0.05, 0.1) is 26.4 Å². The molecule has 2 N–H and O–H groups in total. The molecule has 116 valence electrons. The number of ether oxygens (including phenoxy) is 3. The third-order valence-corrected chi connectivity index (χ3v) is 3.09. The first kappa shape index (κ1) is 18.8. The molecule has 0 aromatic rings. The van der Waals surface area contributed by atoms with Crippen LogP contribution in [0, 0.1) is 5.92 Å². The van der Waals surface area contributed by atoms with Crippen molar-refractivity contribution in [3.8, 4) is 0 Å². The summed E-state index contributed by atoms with van der Waals surface area (Å²) in [5.74, 6) is 0.609. The Morgan fingerprint density at radius 2 is 1.32 bits per heavy atom. The molecule has 0 radical (unpaired) electrons. The normalized spacial score (nSPS) is 12.8. The summed E-state index contributed by atoms with van der Waals surface area (Å²) in [6.07, 6.45) is 5.76. The molecule has 4 heteroatoms. The zero-order valence-corrected chi connectivity index (χ0v) is 12.9. The molecule has 0 rings (SSSR count). The van der Waals surface area contributed by atoms with Gasteiger partial charge in [0, 0.05) is 13.2 Å². The van der Waals surface area contributed by atoms with Gasteiger partial charge in [-0.1, -0.05) is 26.7 Å². The van der Waals surface area contributed by atoms with E-state index in [4.69, 9.17) is 19.9 Å². The van der Waals surface area contributed by atoms with Gasteiger partial charge in [0.2, 0.25) is 0 Å². The maximum atomic E-state index is 5.70. The van der Waals surface area contributed by atoms with E-state index in [1.807, 2.05) is 0 Å². The lowest BCUT2D eigenvalue weighted by atomic mass is 10.0. The van der Waals surface area contributed by atoms with Gasteiger partial charge in [0.25, 0.3) is 0 Å². The monoisotopic (exact) mass is 275 g/mol. The van der Waals surface area contributed by atoms with E-state index in [2.05, 4.69) is 13.8 Å². The number of rotatable bonds is 15. The van der Waals surface area contributed by atoms with Crippen molar-refractivity contribution in [2.45, 2.75) is 46.0 Å². The average molecular weight is 275 g/mol. The molecular weight excluding hydrogens is 242 g/mol. The fraction of sp³-hybridized carbons (Fsp3) is 1.00. The van der Waals surface area contributed by atoms with Crippen LogP contribution < -0.4 is 5.73 Å². The van der Waals surface area contributed by atoms with Gasteiger partial charge in [-0.2, -0.15) is 0 Å². The third kappa shape index (κ3) is 14.1. The van der Waals surface area contributed by atoms with Gasteiger partial charge in [-0.25, -0.2) is 0 Å². The molecule has 0 saturated heterocycles. The largest absolute Gasteiger partial charge is 0.379 e. The van der Waals surface area contributed by atoms with Gasteiger partial charge < -0.3 is 19.9 Å². The summed E-state index contributed by atoms with van der Waals surface area (Å²) in [7, 11) is 0. The SMILES string of the molecule is CCCCOCCOCCOCCC(CN)CCC. The van der Waals surface area contributed by atoms with Gasteiger partial charge in [-0.15, -0.1) is 0 Å². The number of hydrogen-bond donors (Lipinski definition) is 1. The van der Waals surface area contributed by atoms with E-state index in [9.17, 15) is 0 Å². The molecule has 1 atom stereocenters. The van der Waals surface area contributed by atoms with Crippen molar-refractivity contribution in [1.82, 2.24) is 0 Å². The van der Waals surface area contributed by atoms with Gasteiger partial charge >= 0.3 is 0 Å². The summed E-state index contributed by atoms with van der Waals surface area (Å²) in [6, 6.07) is 0. The zero-order chi connectivity index (χ0) is 14.2. The highest BCUT2D eigenvalue weighted by Gasteiger charge is 2.04. The quantitative estimate of drug-likeness (QED) is 0.467. The minimum atomic E-state index is 0.609. The first-order chi connectivity index (χ1) is 9.35. The second-order valence-corrected chi connectivity index (χ2v) is 4.87. The zero-order valence-electron chi connectivity index (χ0n) is 12.9. The smallest absolute Gasteiger partial charge is 0.0701 e. The van der Waals surface area contributed by atoms with Crippen LogP contribution in [0.15, 0.2) is 0 Å². The van der Waals surface area contributed by atoms with Crippen molar-refractivity contribution >= 4 is 0 Å².